The summed E-state index contributed by atoms with van der Waals surface area (Å²) in [5, 5.41) is 22.5. The Morgan fingerprint density at radius 3 is 2.76 bits per heavy atom. The Balaban J connectivity index is 1.59. The maximum Gasteiger partial charge on any atom is 0.353 e. The molecule has 134 valence electrons. The van der Waals surface area contributed by atoms with E-state index in [2.05, 4.69) is 5.32 Å². The van der Waals surface area contributed by atoms with Gasteiger partial charge in [-0.15, -0.1) is 11.8 Å². The van der Waals surface area contributed by atoms with Crippen LogP contribution in [0.3, 0.4) is 0 Å². The number of pyridine rings is 1. The van der Waals surface area contributed by atoms with Crippen molar-refractivity contribution in [1.29, 1.82) is 0 Å². The summed E-state index contributed by atoms with van der Waals surface area (Å²) in [5.41, 5.74) is 1.09. The van der Waals surface area contributed by atoms with Crippen LogP contribution in [-0.2, 0) is 16.6 Å². The second kappa shape index (κ2) is 7.05. The van der Waals surface area contributed by atoms with Gasteiger partial charge in [0.15, 0.2) is 12.4 Å². The Morgan fingerprint density at radius 1 is 1.48 bits per heavy atom. The fourth-order valence-corrected chi connectivity index (χ4v) is 4.41. The molecule has 7 nitrogen and oxygen atoms in total. The molecule has 1 aromatic heterocycles. The minimum Gasteiger partial charge on any atom is -0.477 e. The van der Waals surface area contributed by atoms with Crippen molar-refractivity contribution in [1.82, 2.24) is 4.90 Å². The molecule has 0 saturated carbocycles. The summed E-state index contributed by atoms with van der Waals surface area (Å²) in [6.07, 6.45) is 3.65. The molecule has 3 heterocycles. The van der Waals surface area contributed by atoms with Crippen molar-refractivity contribution in [2.45, 2.75) is 25.5 Å². The van der Waals surface area contributed by atoms with Gasteiger partial charge in [-0.2, -0.15) is 0 Å². The predicted molar refractivity (Wildman–Crippen MR) is 93.6 cm³/mol. The number of aryl methyl sites for hydroxylation is 1. The van der Waals surface area contributed by atoms with Crippen molar-refractivity contribution in [2.75, 3.05) is 17.6 Å². The van der Waals surface area contributed by atoms with Gasteiger partial charge in [-0.05, 0) is 6.92 Å². The lowest BCUT2D eigenvalue weighted by molar-refractivity contribution is -0.671. The number of fused-ring (bicyclic) bond motifs is 1. The molecule has 3 rings (SSSR count). The number of carbonyl (C=O) groups is 2. The molecule has 8 heteroatoms. The number of hydrogen-bond acceptors (Lipinski definition) is 5. The van der Waals surface area contributed by atoms with E-state index < -0.39 is 18.0 Å². The molecular formula is C17H22N3O4S+. The van der Waals surface area contributed by atoms with Gasteiger partial charge in [-0.25, -0.2) is 9.36 Å². The molecule has 1 aromatic rings. The Hall–Kier alpha value is -2.06. The summed E-state index contributed by atoms with van der Waals surface area (Å²) in [6.45, 7) is 2.27. The molecule has 1 unspecified atom stereocenters. The number of anilines is 1. The van der Waals surface area contributed by atoms with Crippen LogP contribution in [0.15, 0.2) is 35.1 Å². The largest absolute Gasteiger partial charge is 0.477 e. The highest BCUT2D eigenvalue weighted by Gasteiger charge is 2.56. The number of aromatic nitrogens is 1. The quantitative estimate of drug-likeness (QED) is 0.372. The van der Waals surface area contributed by atoms with Crippen LogP contribution in [0.2, 0.25) is 0 Å². The van der Waals surface area contributed by atoms with E-state index in [0.29, 0.717) is 18.7 Å². The van der Waals surface area contributed by atoms with Gasteiger partial charge >= 0.3 is 5.97 Å². The van der Waals surface area contributed by atoms with E-state index in [1.165, 1.54) is 16.7 Å². The van der Waals surface area contributed by atoms with Crippen molar-refractivity contribution < 1.29 is 24.4 Å². The number of carbonyl (C=O) groups excluding carboxylic acids is 1. The molecule has 2 aliphatic heterocycles. The smallest absolute Gasteiger partial charge is 0.353 e. The topological polar surface area (TPSA) is 93.8 Å². The number of amides is 1. The second-order valence-electron chi connectivity index (χ2n) is 6.35. The first kappa shape index (κ1) is 17.8. The van der Waals surface area contributed by atoms with Crippen LogP contribution in [-0.4, -0.2) is 51.4 Å². The van der Waals surface area contributed by atoms with Crippen molar-refractivity contribution >= 4 is 29.3 Å². The van der Waals surface area contributed by atoms with Crippen molar-refractivity contribution in [3.05, 3.63) is 35.1 Å². The van der Waals surface area contributed by atoms with Crippen molar-refractivity contribution in [3.63, 3.8) is 0 Å². The highest BCUT2D eigenvalue weighted by Crippen LogP contribution is 2.46. The fourth-order valence-electron chi connectivity index (χ4n) is 3.35. The summed E-state index contributed by atoms with van der Waals surface area (Å²) < 4.78 is 1.95. The highest BCUT2D eigenvalue weighted by molar-refractivity contribution is 8.03. The Morgan fingerprint density at radius 2 is 2.16 bits per heavy atom. The minimum absolute atomic E-state index is 0.0867. The minimum atomic E-state index is -1.08. The Labute approximate surface area is 150 Å². The second-order valence-corrected chi connectivity index (χ2v) is 7.54. The molecule has 1 fully saturated rings. The average molecular weight is 364 g/mol. The summed E-state index contributed by atoms with van der Waals surface area (Å²) >= 11 is 1.46. The van der Waals surface area contributed by atoms with Gasteiger partial charge in [0.2, 0.25) is 5.91 Å². The first-order valence-electron chi connectivity index (χ1n) is 8.19. The third-order valence-electron chi connectivity index (χ3n) is 4.58. The first-order chi connectivity index (χ1) is 11.9. The van der Waals surface area contributed by atoms with E-state index in [9.17, 15) is 19.8 Å². The van der Waals surface area contributed by atoms with E-state index in [4.69, 9.17) is 0 Å². The molecule has 0 aromatic carbocycles. The van der Waals surface area contributed by atoms with Crippen LogP contribution < -0.4 is 9.88 Å². The summed E-state index contributed by atoms with van der Waals surface area (Å²) in [7, 11) is 1.95. The zero-order valence-electron chi connectivity index (χ0n) is 14.2. The Bertz CT molecular complexity index is 717. The number of carboxylic acids is 1. The molecule has 0 aliphatic carbocycles. The van der Waals surface area contributed by atoms with Crippen LogP contribution in [0.5, 0.6) is 0 Å². The molecule has 1 amide bonds. The summed E-state index contributed by atoms with van der Waals surface area (Å²) in [5.74, 6) is -1.16. The van der Waals surface area contributed by atoms with Crippen molar-refractivity contribution in [2.24, 2.45) is 13.0 Å². The number of carboxylic acid groups (broad SMARTS) is 1. The maximum absolute atomic E-state index is 12.1. The third-order valence-corrected chi connectivity index (χ3v) is 5.69. The fraction of sp³-hybridized carbons (Fsp3) is 0.471. The lowest BCUT2D eigenvalue weighted by Gasteiger charge is -2.44. The van der Waals surface area contributed by atoms with E-state index in [1.54, 1.807) is 6.92 Å². The van der Waals surface area contributed by atoms with E-state index in [-0.39, 0.29) is 17.6 Å². The number of aliphatic hydroxyl groups excluding tert-OH is 1. The number of aliphatic carboxylic acids is 1. The lowest BCUT2D eigenvalue weighted by Crippen LogP contribution is -2.61. The van der Waals surface area contributed by atoms with E-state index in [0.717, 1.165) is 10.6 Å². The molecule has 2 aliphatic rings. The van der Waals surface area contributed by atoms with Gasteiger partial charge < -0.3 is 20.4 Å². The van der Waals surface area contributed by atoms with Gasteiger partial charge in [0.05, 0.1) is 18.1 Å². The summed E-state index contributed by atoms with van der Waals surface area (Å²) in [4.78, 5) is 25.8. The molecule has 3 N–H and O–H groups in total. The molecule has 0 radical (unpaired) electrons. The summed E-state index contributed by atoms with van der Waals surface area (Å²) in [6, 6.07) is 3.73. The molecule has 0 bridgehead atoms. The average Bonchev–Trinajstić information content (AvgIpc) is 2.87. The number of rotatable bonds is 7. The third kappa shape index (κ3) is 3.36. The van der Waals surface area contributed by atoms with Gasteiger partial charge in [-0.1, -0.05) is 0 Å². The van der Waals surface area contributed by atoms with Gasteiger partial charge in [0.1, 0.15) is 12.7 Å². The van der Waals surface area contributed by atoms with E-state index >= 15 is 0 Å². The molecule has 1 saturated heterocycles. The number of hydrogen-bond donors (Lipinski definition) is 3. The molecular weight excluding hydrogens is 342 g/mol. The van der Waals surface area contributed by atoms with Crippen LogP contribution in [0.4, 0.5) is 5.69 Å². The lowest BCUT2D eigenvalue weighted by atomic mass is 9.83. The molecule has 25 heavy (non-hydrogen) atoms. The standard InChI is InChI=1S/C17H21N3O4S/c1-10(21)14-12-9-13(15(17(23)24)20(12)16(14)22)25-8-5-18-11-3-6-19(2)7-4-11/h3-4,6-7,10,12,14,21H,5,8-9H2,1-2H3,(H,23,24)/p+1/t10?,12-,14-/m1/s1. The van der Waals surface area contributed by atoms with Crippen LogP contribution >= 0.6 is 11.8 Å². The predicted octanol–water partition coefficient (Wildman–Crippen LogP) is 0.564. The van der Waals surface area contributed by atoms with Crippen LogP contribution in [0, 0.1) is 5.92 Å². The zero-order valence-corrected chi connectivity index (χ0v) is 15.0. The maximum atomic E-state index is 12.1. The van der Waals surface area contributed by atoms with Crippen LogP contribution in [0.1, 0.15) is 13.3 Å². The van der Waals surface area contributed by atoms with Gasteiger partial charge in [0, 0.05) is 41.4 Å². The van der Waals surface area contributed by atoms with E-state index in [1.807, 2.05) is 36.1 Å². The number of thioether (sulfide) groups is 1. The first-order valence-corrected chi connectivity index (χ1v) is 9.18. The normalized spacial score (nSPS) is 23.3. The molecule has 0 spiro atoms. The SMILES string of the molecule is CC(O)[C@H]1C(=O)N2C(C(=O)O)=C(SCCNc3cc[n+](C)cc3)C[C@H]12. The molecule has 3 atom stereocenters. The van der Waals surface area contributed by atoms with Crippen LogP contribution in [0.25, 0.3) is 0 Å². The number of aliphatic hydroxyl groups is 1. The van der Waals surface area contributed by atoms with Crippen molar-refractivity contribution in [3.8, 4) is 0 Å². The number of nitrogens with zero attached hydrogens (tertiary/aromatic N) is 2. The highest BCUT2D eigenvalue weighted by atomic mass is 32.2. The van der Waals surface area contributed by atoms with Gasteiger partial charge in [-0.3, -0.25) is 4.79 Å². The monoisotopic (exact) mass is 364 g/mol. The Kier molecular flexibility index (Phi) is 5.01. The number of nitrogens with one attached hydrogen (secondary N) is 1. The number of β-lactam (4-membered cyclic amide) rings is 1. The zero-order chi connectivity index (χ0) is 18.1. The van der Waals surface area contributed by atoms with Gasteiger partial charge in [0.25, 0.3) is 0 Å².